The second-order valence-corrected chi connectivity index (χ2v) is 6.52. The van der Waals surface area contributed by atoms with Gasteiger partial charge < -0.3 is 4.52 Å². The van der Waals surface area contributed by atoms with Crippen molar-refractivity contribution in [2.75, 3.05) is 18.2 Å². The number of halogens is 1. The summed E-state index contributed by atoms with van der Waals surface area (Å²) in [4.78, 5) is 0. The van der Waals surface area contributed by atoms with Gasteiger partial charge in [0.2, 0.25) is 0 Å². The molecule has 0 amide bonds. The van der Waals surface area contributed by atoms with Crippen molar-refractivity contribution in [1.82, 2.24) is 0 Å². The van der Waals surface area contributed by atoms with E-state index in [1.54, 1.807) is 6.92 Å². The maximum Gasteiger partial charge on any atom is 0.323 e. The lowest BCUT2D eigenvalue weighted by atomic mass is 10.6. The predicted octanol–water partition coefficient (Wildman–Crippen LogP) is 2.45. The Morgan fingerprint density at radius 1 is 1.73 bits per heavy atom. The molecule has 2 N–H and O–H groups in total. The van der Waals surface area contributed by atoms with Crippen LogP contribution in [0.25, 0.3) is 0 Å². The first-order valence-corrected chi connectivity index (χ1v) is 7.18. The second-order valence-electron chi connectivity index (χ2n) is 1.83. The second kappa shape index (κ2) is 6.32. The fourth-order valence-electron chi connectivity index (χ4n) is 0.464. The summed E-state index contributed by atoms with van der Waals surface area (Å²) in [6.45, 7) is -0.708. The van der Waals surface area contributed by atoms with E-state index >= 15 is 0 Å². The molecule has 0 aromatic rings. The Bertz CT molecular complexity index is 146. The molecule has 68 valence electrons. The molecule has 0 aliphatic rings. The van der Waals surface area contributed by atoms with E-state index in [9.17, 15) is 4.57 Å². The molecular weight excluding hydrogens is 205 g/mol. The van der Waals surface area contributed by atoms with E-state index in [0.717, 1.165) is 17.8 Å². The molecule has 0 aliphatic carbocycles. The van der Waals surface area contributed by atoms with Gasteiger partial charge >= 0.3 is 6.72 Å². The van der Waals surface area contributed by atoms with Crippen molar-refractivity contribution in [3.63, 3.8) is 0 Å². The molecule has 0 saturated heterocycles. The van der Waals surface area contributed by atoms with Gasteiger partial charge in [0.25, 0.3) is 0 Å². The van der Waals surface area contributed by atoms with Crippen LogP contribution >= 0.6 is 29.7 Å². The summed E-state index contributed by atoms with van der Waals surface area (Å²) in [7, 11) is 0. The third kappa shape index (κ3) is 7.16. The molecule has 0 bridgehead atoms. The van der Waals surface area contributed by atoms with E-state index in [1.165, 1.54) is 0 Å². The van der Waals surface area contributed by atoms with Gasteiger partial charge in [0, 0.05) is 11.6 Å². The van der Waals surface area contributed by atoms with E-state index in [4.69, 9.17) is 21.6 Å². The lowest BCUT2D eigenvalue weighted by Gasteiger charge is -2.09. The molecule has 0 aliphatic heterocycles. The molecule has 1 unspecified atom stereocenters. The van der Waals surface area contributed by atoms with Crippen LogP contribution in [0.3, 0.4) is 0 Å². The molecule has 0 heterocycles. The summed E-state index contributed by atoms with van der Waals surface area (Å²) in [5.74, 6) is 1.26. The summed E-state index contributed by atoms with van der Waals surface area (Å²) in [5.41, 5.74) is 5.32. The van der Waals surface area contributed by atoms with Crippen LogP contribution in [0, 0.1) is 0 Å². The Morgan fingerprint density at radius 2 is 2.36 bits per heavy atom. The van der Waals surface area contributed by atoms with Crippen molar-refractivity contribution >= 4 is 29.7 Å². The van der Waals surface area contributed by atoms with Gasteiger partial charge in [-0.1, -0.05) is 11.4 Å². The largest absolute Gasteiger partial charge is 0.323 e. The standard InChI is InChI=1S/C5H13ClNO2PS/c1-2-9-10(7,8)11-5-3-4-6/h2-5H2,1H3,(H2,7,8). The molecule has 0 radical (unpaired) electrons. The minimum atomic E-state index is -2.86. The van der Waals surface area contributed by atoms with Crippen LogP contribution < -0.4 is 5.50 Å². The van der Waals surface area contributed by atoms with Crippen LogP contribution in [-0.4, -0.2) is 18.2 Å². The molecule has 3 nitrogen and oxygen atoms in total. The zero-order valence-electron chi connectivity index (χ0n) is 6.46. The average Bonchev–Trinajstić information content (AvgIpc) is 1.87. The highest BCUT2D eigenvalue weighted by atomic mass is 35.5. The van der Waals surface area contributed by atoms with Gasteiger partial charge in [0.05, 0.1) is 6.61 Å². The number of alkyl halides is 1. The molecule has 6 heteroatoms. The van der Waals surface area contributed by atoms with Gasteiger partial charge in [0.15, 0.2) is 0 Å². The fraction of sp³-hybridized carbons (Fsp3) is 1.00. The molecule has 0 aromatic heterocycles. The van der Waals surface area contributed by atoms with Gasteiger partial charge in [-0.25, -0.2) is 0 Å². The van der Waals surface area contributed by atoms with Crippen molar-refractivity contribution in [3.8, 4) is 0 Å². The third-order valence-electron chi connectivity index (χ3n) is 0.858. The highest BCUT2D eigenvalue weighted by Crippen LogP contribution is 2.52. The molecule has 0 saturated carbocycles. The average molecular weight is 218 g/mol. The summed E-state index contributed by atoms with van der Waals surface area (Å²) in [6, 6.07) is 0. The van der Waals surface area contributed by atoms with Crippen molar-refractivity contribution < 1.29 is 9.09 Å². The zero-order valence-corrected chi connectivity index (χ0v) is 8.92. The first kappa shape index (κ1) is 11.8. The van der Waals surface area contributed by atoms with E-state index < -0.39 is 6.72 Å². The molecule has 0 spiro atoms. The quantitative estimate of drug-likeness (QED) is 0.422. The fourth-order valence-corrected chi connectivity index (χ4v) is 3.41. The Labute approximate surface area is 76.3 Å². The smallest absolute Gasteiger partial charge is 0.310 e. The molecule has 0 aromatic carbocycles. The van der Waals surface area contributed by atoms with Gasteiger partial charge in [-0.15, -0.1) is 11.6 Å². The van der Waals surface area contributed by atoms with Gasteiger partial charge in [-0.2, -0.15) is 0 Å². The first-order chi connectivity index (χ1) is 5.12. The van der Waals surface area contributed by atoms with Crippen molar-refractivity contribution in [1.29, 1.82) is 0 Å². The minimum Gasteiger partial charge on any atom is -0.310 e. The summed E-state index contributed by atoms with van der Waals surface area (Å²) in [6.07, 6.45) is 0.806. The van der Waals surface area contributed by atoms with Gasteiger partial charge in [-0.05, 0) is 13.3 Å². The maximum atomic E-state index is 11.2. The van der Waals surface area contributed by atoms with Crippen molar-refractivity contribution in [2.24, 2.45) is 5.50 Å². The Hall–Kier alpha value is 0.790. The van der Waals surface area contributed by atoms with E-state index in [2.05, 4.69) is 0 Å². The highest BCUT2D eigenvalue weighted by Gasteiger charge is 2.15. The maximum absolute atomic E-state index is 11.2. The van der Waals surface area contributed by atoms with Crippen LogP contribution in [0.4, 0.5) is 0 Å². The van der Waals surface area contributed by atoms with Crippen LogP contribution in [0.1, 0.15) is 13.3 Å². The SMILES string of the molecule is CCOP(N)(=O)SCCCCl. The Kier molecular flexibility index (Phi) is 6.78. The van der Waals surface area contributed by atoms with Crippen LogP contribution in [0.2, 0.25) is 0 Å². The van der Waals surface area contributed by atoms with Crippen LogP contribution in [-0.2, 0) is 9.09 Å². The van der Waals surface area contributed by atoms with Crippen LogP contribution in [0.15, 0.2) is 0 Å². The number of nitrogens with two attached hydrogens (primary N) is 1. The minimum absolute atomic E-state index is 0.391. The Balaban J connectivity index is 3.47. The third-order valence-corrected chi connectivity index (χ3v) is 4.52. The van der Waals surface area contributed by atoms with Gasteiger partial charge in [0.1, 0.15) is 0 Å². The van der Waals surface area contributed by atoms with Gasteiger partial charge in [-0.3, -0.25) is 10.1 Å². The van der Waals surface area contributed by atoms with E-state index in [-0.39, 0.29) is 0 Å². The highest BCUT2D eigenvalue weighted by molar-refractivity contribution is 8.55. The first-order valence-electron chi connectivity index (χ1n) is 3.36. The summed E-state index contributed by atoms with van der Waals surface area (Å²) >= 11 is 6.58. The predicted molar refractivity (Wildman–Crippen MR) is 51.2 cm³/mol. The van der Waals surface area contributed by atoms with E-state index in [1.807, 2.05) is 0 Å². The van der Waals surface area contributed by atoms with Crippen molar-refractivity contribution in [2.45, 2.75) is 13.3 Å². The summed E-state index contributed by atoms with van der Waals surface area (Å²) < 4.78 is 16.0. The number of hydrogen-bond donors (Lipinski definition) is 1. The molecule has 0 fully saturated rings. The zero-order chi connectivity index (χ0) is 8.74. The van der Waals surface area contributed by atoms with Crippen LogP contribution in [0.5, 0.6) is 0 Å². The van der Waals surface area contributed by atoms with Crippen molar-refractivity contribution in [3.05, 3.63) is 0 Å². The molecule has 0 rings (SSSR count). The Morgan fingerprint density at radius 3 is 2.82 bits per heavy atom. The monoisotopic (exact) mass is 217 g/mol. The summed E-state index contributed by atoms with van der Waals surface area (Å²) in [5, 5.41) is 0. The number of hydrogen-bond acceptors (Lipinski definition) is 3. The topological polar surface area (TPSA) is 52.3 Å². The lowest BCUT2D eigenvalue weighted by Crippen LogP contribution is -1.96. The van der Waals surface area contributed by atoms with E-state index in [0.29, 0.717) is 18.2 Å². The lowest BCUT2D eigenvalue weighted by molar-refractivity contribution is 0.346. The molecular formula is C5H13ClNO2PS. The normalized spacial score (nSPS) is 16.3. The molecule has 1 atom stereocenters. The number of rotatable bonds is 6. The molecule has 11 heavy (non-hydrogen) atoms.